The van der Waals surface area contributed by atoms with Crippen LogP contribution in [0.3, 0.4) is 0 Å². The van der Waals surface area contributed by atoms with Gasteiger partial charge in [0, 0.05) is 20.7 Å². The van der Waals surface area contributed by atoms with Gasteiger partial charge >= 0.3 is 0 Å². The highest BCUT2D eigenvalue weighted by Crippen LogP contribution is 2.23. The second kappa shape index (κ2) is 5.63. The van der Waals surface area contributed by atoms with Gasteiger partial charge in [-0.3, -0.25) is 9.78 Å². The molecular weight excluding hydrogens is 362 g/mol. The molecule has 0 spiro atoms. The van der Waals surface area contributed by atoms with Crippen LogP contribution in [-0.2, 0) is 0 Å². The maximum absolute atomic E-state index is 12.3. The standard InChI is InChI=1S/C13H9Br2NO2/c1-18-10-4-2-3-8(5-10)13(17)12-11(15)6-9(14)7-16-12/h2-7H,1H3. The molecular formula is C13H9Br2NO2. The van der Waals surface area contributed by atoms with Gasteiger partial charge in [0.05, 0.1) is 7.11 Å². The lowest BCUT2D eigenvalue weighted by atomic mass is 10.1. The van der Waals surface area contributed by atoms with Crippen LogP contribution in [0.5, 0.6) is 5.75 Å². The van der Waals surface area contributed by atoms with Crippen molar-refractivity contribution in [3.05, 3.63) is 56.7 Å². The fourth-order valence-electron chi connectivity index (χ4n) is 1.48. The minimum Gasteiger partial charge on any atom is -0.497 e. The number of nitrogens with zero attached hydrogens (tertiary/aromatic N) is 1. The fraction of sp³-hybridized carbons (Fsp3) is 0.0769. The summed E-state index contributed by atoms with van der Waals surface area (Å²) in [7, 11) is 1.57. The van der Waals surface area contributed by atoms with E-state index in [2.05, 4.69) is 36.8 Å². The van der Waals surface area contributed by atoms with Gasteiger partial charge in [0.25, 0.3) is 0 Å². The van der Waals surface area contributed by atoms with Gasteiger partial charge in [-0.1, -0.05) is 12.1 Å². The molecule has 0 aliphatic heterocycles. The van der Waals surface area contributed by atoms with E-state index in [9.17, 15) is 4.79 Å². The van der Waals surface area contributed by atoms with E-state index in [1.165, 1.54) is 0 Å². The van der Waals surface area contributed by atoms with E-state index in [0.717, 1.165) is 4.47 Å². The highest BCUT2D eigenvalue weighted by Gasteiger charge is 2.15. The van der Waals surface area contributed by atoms with Crippen molar-refractivity contribution in [3.8, 4) is 5.75 Å². The molecule has 18 heavy (non-hydrogen) atoms. The minimum atomic E-state index is -0.145. The van der Waals surface area contributed by atoms with Crippen LogP contribution in [0.15, 0.2) is 45.5 Å². The second-order valence-electron chi connectivity index (χ2n) is 3.55. The summed E-state index contributed by atoms with van der Waals surface area (Å²) in [5, 5.41) is 0. The molecule has 3 nitrogen and oxygen atoms in total. The van der Waals surface area contributed by atoms with Crippen LogP contribution in [0.4, 0.5) is 0 Å². The number of hydrogen-bond acceptors (Lipinski definition) is 3. The first-order chi connectivity index (χ1) is 8.61. The Hall–Kier alpha value is -1.20. The fourth-order valence-corrected chi connectivity index (χ4v) is 2.65. The summed E-state index contributed by atoms with van der Waals surface area (Å²) in [6.45, 7) is 0. The van der Waals surface area contributed by atoms with Gasteiger partial charge in [-0.05, 0) is 50.1 Å². The van der Waals surface area contributed by atoms with Crippen molar-refractivity contribution in [2.24, 2.45) is 0 Å². The molecule has 1 aromatic heterocycles. The third-order valence-corrected chi connectivity index (χ3v) is 3.39. The van der Waals surface area contributed by atoms with Crippen LogP contribution in [0, 0.1) is 0 Å². The second-order valence-corrected chi connectivity index (χ2v) is 5.32. The molecule has 0 amide bonds. The highest BCUT2D eigenvalue weighted by molar-refractivity contribution is 9.11. The molecule has 0 bridgehead atoms. The number of benzene rings is 1. The number of halogens is 2. The first-order valence-electron chi connectivity index (χ1n) is 5.11. The summed E-state index contributed by atoms with van der Waals surface area (Å²) in [5.41, 5.74) is 0.927. The average Bonchev–Trinajstić information content (AvgIpc) is 2.38. The maximum Gasteiger partial charge on any atom is 0.212 e. The summed E-state index contributed by atoms with van der Waals surface area (Å²) in [5.74, 6) is 0.502. The number of hydrogen-bond donors (Lipinski definition) is 0. The Balaban J connectivity index is 2.41. The number of carbonyl (C=O) groups excluding carboxylic acids is 1. The monoisotopic (exact) mass is 369 g/mol. The lowest BCUT2D eigenvalue weighted by Gasteiger charge is -2.05. The van der Waals surface area contributed by atoms with E-state index in [-0.39, 0.29) is 5.78 Å². The Morgan fingerprint density at radius 2 is 2.06 bits per heavy atom. The number of methoxy groups -OCH3 is 1. The minimum absolute atomic E-state index is 0.145. The van der Waals surface area contributed by atoms with Crippen LogP contribution in [0.2, 0.25) is 0 Å². The largest absolute Gasteiger partial charge is 0.497 e. The summed E-state index contributed by atoms with van der Waals surface area (Å²) < 4.78 is 6.57. The molecule has 5 heteroatoms. The predicted octanol–water partition coefficient (Wildman–Crippen LogP) is 3.85. The van der Waals surface area contributed by atoms with Crippen LogP contribution in [0.1, 0.15) is 16.1 Å². The molecule has 0 N–H and O–H groups in total. The van der Waals surface area contributed by atoms with Crippen molar-refractivity contribution < 1.29 is 9.53 Å². The lowest BCUT2D eigenvalue weighted by Crippen LogP contribution is -2.05. The molecule has 1 aromatic carbocycles. The smallest absolute Gasteiger partial charge is 0.212 e. The van der Waals surface area contributed by atoms with Crippen molar-refractivity contribution in [1.82, 2.24) is 4.98 Å². The zero-order valence-corrected chi connectivity index (χ0v) is 12.7. The topological polar surface area (TPSA) is 39.2 Å². The lowest BCUT2D eigenvalue weighted by molar-refractivity contribution is 0.103. The van der Waals surface area contributed by atoms with E-state index in [1.54, 1.807) is 43.6 Å². The average molecular weight is 371 g/mol. The molecule has 0 fully saturated rings. The molecule has 92 valence electrons. The van der Waals surface area contributed by atoms with Gasteiger partial charge in [-0.25, -0.2) is 0 Å². The van der Waals surface area contributed by atoms with Gasteiger partial charge < -0.3 is 4.74 Å². The van der Waals surface area contributed by atoms with Gasteiger partial charge in [0.1, 0.15) is 11.4 Å². The number of rotatable bonds is 3. The Kier molecular flexibility index (Phi) is 4.14. The van der Waals surface area contributed by atoms with E-state index < -0.39 is 0 Å². The number of aromatic nitrogens is 1. The zero-order chi connectivity index (χ0) is 13.1. The maximum atomic E-state index is 12.3. The first kappa shape index (κ1) is 13.2. The normalized spacial score (nSPS) is 10.2. The van der Waals surface area contributed by atoms with Crippen molar-refractivity contribution in [3.63, 3.8) is 0 Å². The van der Waals surface area contributed by atoms with Crippen molar-refractivity contribution in [2.75, 3.05) is 7.11 Å². The Morgan fingerprint density at radius 3 is 2.72 bits per heavy atom. The molecule has 2 rings (SSSR count). The molecule has 0 aliphatic carbocycles. The third-order valence-electron chi connectivity index (χ3n) is 2.35. The number of carbonyl (C=O) groups is 1. The van der Waals surface area contributed by atoms with Gasteiger partial charge in [-0.2, -0.15) is 0 Å². The van der Waals surface area contributed by atoms with Gasteiger partial charge in [0.2, 0.25) is 5.78 Å². The van der Waals surface area contributed by atoms with Crippen LogP contribution in [-0.4, -0.2) is 17.9 Å². The molecule has 0 saturated heterocycles. The molecule has 0 radical (unpaired) electrons. The molecule has 0 saturated carbocycles. The highest BCUT2D eigenvalue weighted by atomic mass is 79.9. The Bertz CT molecular complexity index is 599. The Labute approximate surface area is 121 Å². The molecule has 2 aromatic rings. The Morgan fingerprint density at radius 1 is 1.28 bits per heavy atom. The van der Waals surface area contributed by atoms with Crippen molar-refractivity contribution in [2.45, 2.75) is 0 Å². The van der Waals surface area contributed by atoms with Crippen molar-refractivity contribution >= 4 is 37.6 Å². The van der Waals surface area contributed by atoms with E-state index >= 15 is 0 Å². The molecule has 0 atom stereocenters. The first-order valence-corrected chi connectivity index (χ1v) is 6.70. The third kappa shape index (κ3) is 2.79. The number of ether oxygens (including phenoxy) is 1. The van der Waals surface area contributed by atoms with Crippen molar-refractivity contribution in [1.29, 1.82) is 0 Å². The van der Waals surface area contributed by atoms with Gasteiger partial charge in [0.15, 0.2) is 0 Å². The predicted molar refractivity (Wildman–Crippen MR) is 76.1 cm³/mol. The molecule has 1 heterocycles. The number of pyridine rings is 1. The molecule has 0 unspecified atom stereocenters. The van der Waals surface area contributed by atoms with Crippen LogP contribution >= 0.6 is 31.9 Å². The summed E-state index contributed by atoms with van der Waals surface area (Å²) >= 11 is 6.64. The van der Waals surface area contributed by atoms with E-state index in [4.69, 9.17) is 4.74 Å². The van der Waals surface area contributed by atoms with E-state index in [0.29, 0.717) is 21.5 Å². The molecule has 0 aliphatic rings. The summed E-state index contributed by atoms with van der Waals surface area (Å²) in [4.78, 5) is 16.4. The van der Waals surface area contributed by atoms with Crippen LogP contribution < -0.4 is 4.74 Å². The van der Waals surface area contributed by atoms with Gasteiger partial charge in [-0.15, -0.1) is 0 Å². The zero-order valence-electron chi connectivity index (χ0n) is 9.48. The SMILES string of the molecule is COc1cccc(C(=O)c2ncc(Br)cc2Br)c1. The van der Waals surface area contributed by atoms with E-state index in [1.807, 2.05) is 0 Å². The summed E-state index contributed by atoms with van der Waals surface area (Å²) in [6.07, 6.45) is 1.60. The van der Waals surface area contributed by atoms with Crippen LogP contribution in [0.25, 0.3) is 0 Å². The quantitative estimate of drug-likeness (QED) is 0.770. The summed E-state index contributed by atoms with van der Waals surface area (Å²) in [6, 6.07) is 8.79. The number of ketones is 1.